The molecule has 6 nitrogen and oxygen atoms in total. The fraction of sp³-hybridized carbons (Fsp3) is 0.667. The lowest BCUT2D eigenvalue weighted by atomic mass is 10.4. The number of hydrogen-bond donors (Lipinski definition) is 2. The van der Waals surface area contributed by atoms with Crippen LogP contribution in [-0.2, 0) is 20.9 Å². The van der Waals surface area contributed by atoms with Gasteiger partial charge in [0.1, 0.15) is 6.04 Å². The Labute approximate surface area is 60.1 Å². The van der Waals surface area contributed by atoms with Gasteiger partial charge < -0.3 is 15.1 Å². The van der Waals surface area contributed by atoms with Crippen molar-refractivity contribution in [1.82, 2.24) is 4.89 Å². The molecular weight excluding hydrogens is 160 g/mol. The monoisotopic (exact) mass is 167 g/mol. The third-order valence-electron chi connectivity index (χ3n) is 0.582. The van der Waals surface area contributed by atoms with Gasteiger partial charge in [0.2, 0.25) is 0 Å². The molecule has 10 heavy (non-hydrogen) atoms. The Balaban J connectivity index is 3.50. The van der Waals surface area contributed by atoms with E-state index >= 15 is 0 Å². The van der Waals surface area contributed by atoms with Crippen molar-refractivity contribution in [3.63, 3.8) is 0 Å². The molecule has 0 aromatic rings. The van der Waals surface area contributed by atoms with Gasteiger partial charge in [-0.25, -0.2) is 4.79 Å². The second kappa shape index (κ2) is 4.34. The number of carbonyl (C=O) groups is 1. The second-order valence-electron chi connectivity index (χ2n) is 1.53. The summed E-state index contributed by atoms with van der Waals surface area (Å²) in [6.45, 7) is 1.37. The molecule has 0 aromatic carbocycles. The molecule has 0 rings (SSSR count). The summed E-state index contributed by atoms with van der Waals surface area (Å²) in [5, 5.41) is 0. The maximum absolute atomic E-state index is 10.4. The molecule has 0 aliphatic heterocycles. The van der Waals surface area contributed by atoms with Crippen molar-refractivity contribution in [1.29, 1.82) is 0 Å². The first-order valence-corrected chi connectivity index (χ1v) is 3.42. The van der Waals surface area contributed by atoms with Crippen LogP contribution < -0.4 is 10.6 Å². The molecule has 60 valence electrons. The standard InChI is InChI=1S/C3H8N2O4S/c1-2(4)3(6)9-5-10(7)8/h2,5H,4H2,1H3,(H,7,8)/p-1/t2-/m0/s1. The summed E-state index contributed by atoms with van der Waals surface area (Å²) in [6, 6.07) is -0.837. The first-order chi connectivity index (χ1) is 4.54. The van der Waals surface area contributed by atoms with Gasteiger partial charge in [0.15, 0.2) is 0 Å². The van der Waals surface area contributed by atoms with Gasteiger partial charge in [-0.1, -0.05) is 4.89 Å². The highest BCUT2D eigenvalue weighted by molar-refractivity contribution is 7.76. The maximum Gasteiger partial charge on any atom is 0.342 e. The molecule has 0 saturated heterocycles. The predicted octanol–water partition coefficient (Wildman–Crippen LogP) is -1.82. The van der Waals surface area contributed by atoms with Crippen LogP contribution in [0.15, 0.2) is 0 Å². The van der Waals surface area contributed by atoms with E-state index in [9.17, 15) is 13.6 Å². The van der Waals surface area contributed by atoms with Crippen LogP contribution >= 0.6 is 0 Å². The zero-order valence-electron chi connectivity index (χ0n) is 5.20. The topological polar surface area (TPSA) is 104 Å². The molecule has 0 saturated carbocycles. The SMILES string of the molecule is C[C@H](N)C(=O)ONS(=O)[O-]. The summed E-state index contributed by atoms with van der Waals surface area (Å²) in [7, 11) is 0. The van der Waals surface area contributed by atoms with Gasteiger partial charge in [-0.2, -0.15) is 0 Å². The Morgan fingerprint density at radius 2 is 2.40 bits per heavy atom. The number of hydrogen-bond acceptors (Lipinski definition) is 5. The summed E-state index contributed by atoms with van der Waals surface area (Å²) in [5.41, 5.74) is 5.01. The van der Waals surface area contributed by atoms with E-state index < -0.39 is 23.3 Å². The van der Waals surface area contributed by atoms with E-state index in [1.54, 1.807) is 0 Å². The average molecular weight is 167 g/mol. The molecule has 2 atom stereocenters. The van der Waals surface area contributed by atoms with Crippen molar-refractivity contribution in [2.75, 3.05) is 0 Å². The quantitative estimate of drug-likeness (QED) is 0.380. The molecule has 7 heteroatoms. The van der Waals surface area contributed by atoms with Gasteiger partial charge in [0.05, 0.1) is 11.3 Å². The molecule has 0 aliphatic rings. The highest BCUT2D eigenvalue weighted by atomic mass is 32.2. The van der Waals surface area contributed by atoms with Crippen molar-refractivity contribution < 1.29 is 18.4 Å². The predicted molar refractivity (Wildman–Crippen MR) is 31.8 cm³/mol. The Kier molecular flexibility index (Phi) is 4.12. The normalized spacial score (nSPS) is 15.9. The highest BCUT2D eigenvalue weighted by Crippen LogP contribution is 1.79. The molecule has 0 aromatic heterocycles. The molecule has 3 N–H and O–H groups in total. The first kappa shape index (κ1) is 9.50. The second-order valence-corrected chi connectivity index (χ2v) is 2.16. The van der Waals surface area contributed by atoms with Crippen LogP contribution in [0.4, 0.5) is 0 Å². The molecular formula is C3H7N2O4S-. The fourth-order valence-electron chi connectivity index (χ4n) is 0.168. The van der Waals surface area contributed by atoms with Crippen molar-refractivity contribution in [2.45, 2.75) is 13.0 Å². The minimum absolute atomic E-state index is 0.829. The van der Waals surface area contributed by atoms with E-state index in [-0.39, 0.29) is 0 Å². The lowest BCUT2D eigenvalue weighted by Gasteiger charge is -2.08. The summed E-state index contributed by atoms with van der Waals surface area (Å²) >= 11 is -2.60. The van der Waals surface area contributed by atoms with Gasteiger partial charge in [-0.3, -0.25) is 4.21 Å². The number of nitrogens with two attached hydrogens (primary N) is 1. The summed E-state index contributed by atoms with van der Waals surface area (Å²) in [4.78, 5) is 15.7. The Bertz CT molecular complexity index is 147. The Hall–Kier alpha value is -0.500. The summed E-state index contributed by atoms with van der Waals surface area (Å²) in [5.74, 6) is -0.829. The van der Waals surface area contributed by atoms with Crippen LogP contribution in [0.3, 0.4) is 0 Å². The van der Waals surface area contributed by atoms with Gasteiger partial charge in [-0.15, -0.1) is 0 Å². The molecule has 0 amide bonds. The fourth-order valence-corrected chi connectivity index (χ4v) is 0.318. The van der Waals surface area contributed by atoms with Gasteiger partial charge in [-0.05, 0) is 6.92 Å². The van der Waals surface area contributed by atoms with Gasteiger partial charge in [0.25, 0.3) is 0 Å². The van der Waals surface area contributed by atoms with Crippen LogP contribution in [0.1, 0.15) is 6.92 Å². The molecule has 0 radical (unpaired) electrons. The number of nitrogens with one attached hydrogen (secondary N) is 1. The minimum Gasteiger partial charge on any atom is -0.758 e. The molecule has 1 unspecified atom stereocenters. The molecule has 0 fully saturated rings. The highest BCUT2D eigenvalue weighted by Gasteiger charge is 2.07. The molecule has 0 aliphatic carbocycles. The largest absolute Gasteiger partial charge is 0.758 e. The third-order valence-corrected chi connectivity index (χ3v) is 0.802. The van der Waals surface area contributed by atoms with E-state index in [0.717, 1.165) is 0 Å². The zero-order chi connectivity index (χ0) is 8.15. The van der Waals surface area contributed by atoms with Crippen LogP contribution in [-0.4, -0.2) is 20.8 Å². The number of carbonyl (C=O) groups excluding carboxylic acids is 1. The lowest BCUT2D eigenvalue weighted by Crippen LogP contribution is -2.33. The van der Waals surface area contributed by atoms with Crippen molar-refractivity contribution in [3.8, 4) is 0 Å². The van der Waals surface area contributed by atoms with Gasteiger partial charge >= 0.3 is 5.97 Å². The summed E-state index contributed by atoms with van der Waals surface area (Å²) < 4.78 is 19.4. The molecule has 0 bridgehead atoms. The zero-order valence-corrected chi connectivity index (χ0v) is 6.01. The first-order valence-electron chi connectivity index (χ1n) is 2.35. The van der Waals surface area contributed by atoms with Crippen LogP contribution in [0, 0.1) is 0 Å². The van der Waals surface area contributed by atoms with Crippen molar-refractivity contribution >= 4 is 17.2 Å². The van der Waals surface area contributed by atoms with E-state index in [4.69, 9.17) is 5.73 Å². The smallest absolute Gasteiger partial charge is 0.342 e. The van der Waals surface area contributed by atoms with E-state index in [1.807, 2.05) is 0 Å². The van der Waals surface area contributed by atoms with Gasteiger partial charge in [0, 0.05) is 0 Å². The third kappa shape index (κ3) is 4.39. The lowest BCUT2D eigenvalue weighted by molar-refractivity contribution is -0.148. The van der Waals surface area contributed by atoms with E-state index in [1.165, 1.54) is 11.8 Å². The maximum atomic E-state index is 10.4. The van der Waals surface area contributed by atoms with E-state index in [2.05, 4.69) is 4.84 Å². The van der Waals surface area contributed by atoms with Crippen LogP contribution in [0.2, 0.25) is 0 Å². The number of rotatable bonds is 3. The van der Waals surface area contributed by atoms with Crippen LogP contribution in [0.5, 0.6) is 0 Å². The van der Waals surface area contributed by atoms with Crippen molar-refractivity contribution in [3.05, 3.63) is 0 Å². The summed E-state index contributed by atoms with van der Waals surface area (Å²) in [6.07, 6.45) is 0. The average Bonchev–Trinajstić information content (AvgIpc) is 1.82. The van der Waals surface area contributed by atoms with Crippen molar-refractivity contribution in [2.24, 2.45) is 5.73 Å². The molecule has 0 heterocycles. The Morgan fingerprint density at radius 1 is 1.90 bits per heavy atom. The van der Waals surface area contributed by atoms with Crippen LogP contribution in [0.25, 0.3) is 0 Å². The molecule has 0 spiro atoms. The van der Waals surface area contributed by atoms with E-state index in [0.29, 0.717) is 0 Å². The minimum atomic E-state index is -2.60. The Morgan fingerprint density at radius 3 is 2.70 bits per heavy atom.